The summed E-state index contributed by atoms with van der Waals surface area (Å²) in [7, 11) is 0. The minimum Gasteiger partial charge on any atom is -0.508 e. The summed E-state index contributed by atoms with van der Waals surface area (Å²) in [6.45, 7) is 1.93. The predicted molar refractivity (Wildman–Crippen MR) is 79.2 cm³/mol. The molecular formula is C16H18N2O2. The number of phenolic OH excluding ortho intramolecular Hbond substituents is 1. The molecule has 0 aliphatic heterocycles. The topological polar surface area (TPSA) is 75.3 Å². The van der Waals surface area contributed by atoms with Crippen LogP contribution in [-0.2, 0) is 11.2 Å². The maximum atomic E-state index is 11.9. The molecule has 0 aliphatic carbocycles. The molecule has 2 aromatic carbocycles. The average Bonchev–Trinajstić information content (AvgIpc) is 2.42. The van der Waals surface area contributed by atoms with Gasteiger partial charge < -0.3 is 16.2 Å². The number of hydrogen-bond donors (Lipinski definition) is 3. The lowest BCUT2D eigenvalue weighted by Crippen LogP contribution is -2.28. The normalized spacial score (nSPS) is 11.8. The molecule has 0 aliphatic rings. The predicted octanol–water partition coefficient (Wildman–Crippen LogP) is 2.39. The highest BCUT2D eigenvalue weighted by Gasteiger charge is 2.10. The van der Waals surface area contributed by atoms with E-state index in [0.29, 0.717) is 12.1 Å². The van der Waals surface area contributed by atoms with Crippen LogP contribution in [-0.4, -0.2) is 11.0 Å². The summed E-state index contributed by atoms with van der Waals surface area (Å²) >= 11 is 0. The van der Waals surface area contributed by atoms with Crippen molar-refractivity contribution < 1.29 is 9.90 Å². The van der Waals surface area contributed by atoms with Crippen molar-refractivity contribution in [3.63, 3.8) is 0 Å². The fourth-order valence-electron chi connectivity index (χ4n) is 1.96. The highest BCUT2D eigenvalue weighted by atomic mass is 16.3. The Bertz CT molecular complexity index is 576. The van der Waals surface area contributed by atoms with Crippen molar-refractivity contribution in [1.82, 2.24) is 5.32 Å². The van der Waals surface area contributed by atoms with Crippen molar-refractivity contribution in [3.05, 3.63) is 59.7 Å². The van der Waals surface area contributed by atoms with E-state index in [-0.39, 0.29) is 17.7 Å². The molecule has 0 saturated heterocycles. The van der Waals surface area contributed by atoms with E-state index in [1.165, 1.54) is 0 Å². The maximum absolute atomic E-state index is 11.9. The smallest absolute Gasteiger partial charge is 0.224 e. The van der Waals surface area contributed by atoms with E-state index in [0.717, 1.165) is 11.1 Å². The van der Waals surface area contributed by atoms with Gasteiger partial charge in [-0.25, -0.2) is 0 Å². The zero-order valence-corrected chi connectivity index (χ0v) is 11.3. The SMILES string of the molecule is CC(NC(=O)Cc1ccc(O)cc1)c1ccc(N)cc1. The van der Waals surface area contributed by atoms with E-state index < -0.39 is 0 Å². The first-order chi connectivity index (χ1) is 9.54. The van der Waals surface area contributed by atoms with Gasteiger partial charge >= 0.3 is 0 Å². The second-order valence-electron chi connectivity index (χ2n) is 4.80. The summed E-state index contributed by atoms with van der Waals surface area (Å²) < 4.78 is 0. The number of hydrogen-bond acceptors (Lipinski definition) is 3. The Morgan fingerprint density at radius 1 is 1.15 bits per heavy atom. The van der Waals surface area contributed by atoms with Crippen molar-refractivity contribution in [2.24, 2.45) is 0 Å². The molecule has 1 atom stereocenters. The zero-order valence-electron chi connectivity index (χ0n) is 11.3. The van der Waals surface area contributed by atoms with Gasteiger partial charge in [0.1, 0.15) is 5.75 Å². The molecule has 0 fully saturated rings. The summed E-state index contributed by atoms with van der Waals surface area (Å²) in [5.41, 5.74) is 8.22. The van der Waals surface area contributed by atoms with Gasteiger partial charge in [0.2, 0.25) is 5.91 Å². The van der Waals surface area contributed by atoms with Crippen LogP contribution in [0.1, 0.15) is 24.1 Å². The van der Waals surface area contributed by atoms with E-state index in [9.17, 15) is 9.90 Å². The van der Waals surface area contributed by atoms with Gasteiger partial charge in [-0.15, -0.1) is 0 Å². The fraction of sp³-hybridized carbons (Fsp3) is 0.188. The number of nitrogens with two attached hydrogens (primary N) is 1. The van der Waals surface area contributed by atoms with Gasteiger partial charge in [-0.1, -0.05) is 24.3 Å². The lowest BCUT2D eigenvalue weighted by Gasteiger charge is -2.14. The number of nitrogens with one attached hydrogen (secondary N) is 1. The number of nitrogen functional groups attached to an aromatic ring is 1. The van der Waals surface area contributed by atoms with E-state index in [1.54, 1.807) is 24.3 Å². The van der Waals surface area contributed by atoms with Crippen LogP contribution in [0, 0.1) is 0 Å². The number of phenols is 1. The standard InChI is InChI=1S/C16H18N2O2/c1-11(13-4-6-14(17)7-5-13)18-16(20)10-12-2-8-15(19)9-3-12/h2-9,11,19H,10,17H2,1H3,(H,18,20). The van der Waals surface area contributed by atoms with Crippen LogP contribution >= 0.6 is 0 Å². The number of carbonyl (C=O) groups is 1. The molecule has 0 bridgehead atoms. The molecule has 2 rings (SSSR count). The van der Waals surface area contributed by atoms with Crippen LogP contribution in [0.15, 0.2) is 48.5 Å². The minimum absolute atomic E-state index is 0.0555. The molecule has 0 heterocycles. The summed E-state index contributed by atoms with van der Waals surface area (Å²) in [5, 5.41) is 12.1. The van der Waals surface area contributed by atoms with Gasteiger partial charge in [-0.2, -0.15) is 0 Å². The van der Waals surface area contributed by atoms with Gasteiger partial charge in [0.05, 0.1) is 12.5 Å². The van der Waals surface area contributed by atoms with Crippen molar-refractivity contribution in [1.29, 1.82) is 0 Å². The van der Waals surface area contributed by atoms with Crippen LogP contribution in [0.4, 0.5) is 5.69 Å². The average molecular weight is 270 g/mol. The fourth-order valence-corrected chi connectivity index (χ4v) is 1.96. The summed E-state index contributed by atoms with van der Waals surface area (Å²) in [4.78, 5) is 11.9. The maximum Gasteiger partial charge on any atom is 0.224 e. The highest BCUT2D eigenvalue weighted by Crippen LogP contribution is 2.15. The first-order valence-corrected chi connectivity index (χ1v) is 6.47. The van der Waals surface area contributed by atoms with Gasteiger partial charge in [0.15, 0.2) is 0 Å². The lowest BCUT2D eigenvalue weighted by molar-refractivity contribution is -0.121. The third-order valence-electron chi connectivity index (χ3n) is 3.11. The second-order valence-corrected chi connectivity index (χ2v) is 4.80. The molecule has 0 spiro atoms. The van der Waals surface area contributed by atoms with Gasteiger partial charge in [0.25, 0.3) is 0 Å². The number of aromatic hydroxyl groups is 1. The first kappa shape index (κ1) is 13.9. The third-order valence-corrected chi connectivity index (χ3v) is 3.11. The van der Waals surface area contributed by atoms with Gasteiger partial charge in [-0.05, 0) is 42.3 Å². The van der Waals surface area contributed by atoms with Crippen molar-refractivity contribution >= 4 is 11.6 Å². The Hall–Kier alpha value is -2.49. The molecule has 4 nitrogen and oxygen atoms in total. The number of benzene rings is 2. The molecule has 104 valence electrons. The second kappa shape index (κ2) is 6.10. The van der Waals surface area contributed by atoms with E-state index in [2.05, 4.69) is 5.32 Å². The van der Waals surface area contributed by atoms with Crippen LogP contribution in [0.3, 0.4) is 0 Å². The number of carbonyl (C=O) groups excluding carboxylic acids is 1. The van der Waals surface area contributed by atoms with E-state index >= 15 is 0 Å². The van der Waals surface area contributed by atoms with Gasteiger partial charge in [-0.3, -0.25) is 4.79 Å². The lowest BCUT2D eigenvalue weighted by atomic mass is 10.1. The molecule has 4 heteroatoms. The Morgan fingerprint density at radius 2 is 1.75 bits per heavy atom. The highest BCUT2D eigenvalue weighted by molar-refractivity contribution is 5.79. The van der Waals surface area contributed by atoms with E-state index in [4.69, 9.17) is 5.73 Å². The molecule has 2 aromatic rings. The van der Waals surface area contributed by atoms with E-state index in [1.807, 2.05) is 31.2 Å². The van der Waals surface area contributed by atoms with Crippen molar-refractivity contribution in [2.45, 2.75) is 19.4 Å². The van der Waals surface area contributed by atoms with Crippen LogP contribution in [0.5, 0.6) is 5.75 Å². The molecule has 0 aromatic heterocycles. The number of rotatable bonds is 4. The molecule has 4 N–H and O–H groups in total. The first-order valence-electron chi connectivity index (χ1n) is 6.47. The minimum atomic E-state index is -0.0692. The zero-order chi connectivity index (χ0) is 14.5. The summed E-state index contributed by atoms with van der Waals surface area (Å²) in [5.74, 6) is 0.143. The molecule has 0 saturated carbocycles. The molecule has 20 heavy (non-hydrogen) atoms. The third kappa shape index (κ3) is 3.75. The van der Waals surface area contributed by atoms with Crippen LogP contribution < -0.4 is 11.1 Å². The summed E-state index contributed by atoms with van der Waals surface area (Å²) in [6.07, 6.45) is 0.291. The molecule has 1 unspecified atom stereocenters. The Balaban J connectivity index is 1.93. The quantitative estimate of drug-likeness (QED) is 0.747. The monoisotopic (exact) mass is 270 g/mol. The van der Waals surface area contributed by atoms with Crippen molar-refractivity contribution in [2.75, 3.05) is 5.73 Å². The molecule has 1 amide bonds. The van der Waals surface area contributed by atoms with Crippen LogP contribution in [0.25, 0.3) is 0 Å². The Kier molecular flexibility index (Phi) is 4.25. The Labute approximate surface area is 118 Å². The number of anilines is 1. The number of amides is 1. The largest absolute Gasteiger partial charge is 0.508 e. The Morgan fingerprint density at radius 3 is 2.35 bits per heavy atom. The molecular weight excluding hydrogens is 252 g/mol. The van der Waals surface area contributed by atoms with Gasteiger partial charge in [0, 0.05) is 5.69 Å². The molecule has 0 radical (unpaired) electrons. The summed E-state index contributed by atoms with van der Waals surface area (Å²) in [6, 6.07) is 14.0. The van der Waals surface area contributed by atoms with Crippen LogP contribution in [0.2, 0.25) is 0 Å². The van der Waals surface area contributed by atoms with Crippen molar-refractivity contribution in [3.8, 4) is 5.75 Å².